The zero-order valence-electron chi connectivity index (χ0n) is 9.69. The second-order valence-electron chi connectivity index (χ2n) is 5.19. The molecule has 12 heavy (non-hydrogen) atoms. The molecule has 0 fully saturated rings. The molecule has 0 bridgehead atoms. The van der Waals surface area contributed by atoms with E-state index in [-0.39, 0.29) is 0 Å². The van der Waals surface area contributed by atoms with Gasteiger partial charge in [0, 0.05) is 0 Å². The molecule has 0 aromatic rings. The van der Waals surface area contributed by atoms with Crippen molar-refractivity contribution in [3.05, 3.63) is 0 Å². The van der Waals surface area contributed by atoms with Gasteiger partial charge in [0.15, 0.2) is 0 Å². The molecular formula is C11H24S. The summed E-state index contributed by atoms with van der Waals surface area (Å²) in [4.78, 5) is 0. The highest BCUT2D eigenvalue weighted by Crippen LogP contribution is 2.45. The van der Waals surface area contributed by atoms with Crippen LogP contribution in [-0.2, 0) is 0 Å². The Labute approximate surface area is 82.5 Å². The van der Waals surface area contributed by atoms with Gasteiger partial charge in [0.1, 0.15) is 0 Å². The van der Waals surface area contributed by atoms with Crippen molar-refractivity contribution in [2.45, 2.75) is 41.5 Å². The van der Waals surface area contributed by atoms with Gasteiger partial charge >= 0.3 is 0 Å². The van der Waals surface area contributed by atoms with Crippen molar-refractivity contribution in [3.63, 3.8) is 0 Å². The van der Waals surface area contributed by atoms with E-state index in [0.717, 1.165) is 5.92 Å². The molecule has 0 aromatic heterocycles. The Kier molecular flexibility index (Phi) is 4.16. The topological polar surface area (TPSA) is 0 Å². The summed E-state index contributed by atoms with van der Waals surface area (Å²) < 4.78 is 0. The molecule has 74 valence electrons. The van der Waals surface area contributed by atoms with Crippen LogP contribution >= 0.6 is 11.8 Å². The van der Waals surface area contributed by atoms with Gasteiger partial charge in [0.25, 0.3) is 0 Å². The largest absolute Gasteiger partial charge is 0.165 e. The van der Waals surface area contributed by atoms with Gasteiger partial charge in [-0.15, -0.1) is 0 Å². The lowest BCUT2D eigenvalue weighted by Crippen LogP contribution is -2.38. The molecule has 0 N–H and O–H groups in total. The van der Waals surface area contributed by atoms with Crippen molar-refractivity contribution in [2.75, 3.05) is 12.0 Å². The van der Waals surface area contributed by atoms with Gasteiger partial charge in [0.2, 0.25) is 0 Å². The normalized spacial score (nSPS) is 14.0. The van der Waals surface area contributed by atoms with Crippen LogP contribution in [-0.4, -0.2) is 12.0 Å². The lowest BCUT2D eigenvalue weighted by molar-refractivity contribution is 0.0782. The second kappa shape index (κ2) is 4.04. The number of hydrogen-bond acceptors (Lipinski definition) is 1. The molecule has 0 aliphatic carbocycles. The Bertz CT molecular complexity index is 134. The van der Waals surface area contributed by atoms with Crippen LogP contribution in [0, 0.1) is 16.7 Å². The summed E-state index contributed by atoms with van der Waals surface area (Å²) in [6, 6.07) is 0. The zero-order valence-corrected chi connectivity index (χ0v) is 10.5. The molecule has 0 aliphatic heterocycles. The van der Waals surface area contributed by atoms with Crippen molar-refractivity contribution < 1.29 is 0 Å². The fourth-order valence-electron chi connectivity index (χ4n) is 1.33. The monoisotopic (exact) mass is 188 g/mol. The Morgan fingerprint density at radius 3 is 1.75 bits per heavy atom. The van der Waals surface area contributed by atoms with Gasteiger partial charge in [-0.3, -0.25) is 0 Å². The fraction of sp³-hybridized carbons (Fsp3) is 1.00. The Hall–Kier alpha value is 0.350. The summed E-state index contributed by atoms with van der Waals surface area (Å²) >= 11 is 1.95. The van der Waals surface area contributed by atoms with Gasteiger partial charge in [-0.05, 0) is 28.8 Å². The smallest absolute Gasteiger partial charge is 0.00137 e. The minimum Gasteiger partial charge on any atom is -0.165 e. The summed E-state index contributed by atoms with van der Waals surface area (Å²) in [5.41, 5.74) is 0.858. The first-order chi connectivity index (χ1) is 5.25. The van der Waals surface area contributed by atoms with Crippen LogP contribution < -0.4 is 0 Å². The molecule has 0 radical (unpaired) electrons. The van der Waals surface area contributed by atoms with Crippen LogP contribution in [0.15, 0.2) is 0 Å². The number of rotatable bonds is 4. The predicted molar refractivity (Wildman–Crippen MR) is 60.8 cm³/mol. The average molecular weight is 188 g/mol. The molecule has 0 saturated carbocycles. The summed E-state index contributed by atoms with van der Waals surface area (Å²) in [5, 5.41) is 0. The third kappa shape index (κ3) is 2.42. The van der Waals surface area contributed by atoms with Gasteiger partial charge in [-0.25, -0.2) is 0 Å². The highest BCUT2D eigenvalue weighted by molar-refractivity contribution is 7.98. The highest BCUT2D eigenvalue weighted by Gasteiger charge is 2.38. The van der Waals surface area contributed by atoms with E-state index < -0.39 is 0 Å². The Morgan fingerprint density at radius 1 is 1.08 bits per heavy atom. The van der Waals surface area contributed by atoms with Crippen molar-refractivity contribution in [1.29, 1.82) is 0 Å². The van der Waals surface area contributed by atoms with Crippen LogP contribution in [0.2, 0.25) is 0 Å². The average Bonchev–Trinajstić information content (AvgIpc) is 1.86. The lowest BCUT2D eigenvalue weighted by Gasteiger charge is -2.44. The molecule has 0 nitrogen and oxygen atoms in total. The van der Waals surface area contributed by atoms with Crippen molar-refractivity contribution in [1.82, 2.24) is 0 Å². The predicted octanol–water partition coefficient (Wildman–Crippen LogP) is 4.06. The second-order valence-corrected chi connectivity index (χ2v) is 6.06. The SMILES string of the molecule is CSCC(C)(C)C(C)(C)C(C)C. The molecule has 0 unspecified atom stereocenters. The first-order valence-corrected chi connectivity index (χ1v) is 6.14. The summed E-state index contributed by atoms with van der Waals surface area (Å²) in [6.07, 6.45) is 2.19. The minimum atomic E-state index is 0.427. The summed E-state index contributed by atoms with van der Waals surface area (Å²) in [6.45, 7) is 14.2. The number of hydrogen-bond donors (Lipinski definition) is 0. The van der Waals surface area contributed by atoms with Gasteiger partial charge in [-0.2, -0.15) is 11.8 Å². The van der Waals surface area contributed by atoms with Crippen molar-refractivity contribution >= 4 is 11.8 Å². The first kappa shape index (κ1) is 12.3. The van der Waals surface area contributed by atoms with E-state index in [1.165, 1.54) is 5.75 Å². The van der Waals surface area contributed by atoms with E-state index >= 15 is 0 Å². The molecule has 0 heterocycles. The van der Waals surface area contributed by atoms with Gasteiger partial charge in [0.05, 0.1) is 0 Å². The summed E-state index contributed by atoms with van der Waals surface area (Å²) in [7, 11) is 0. The zero-order chi connectivity index (χ0) is 9.99. The standard InChI is InChI=1S/C11H24S/c1-9(2)11(5,6)10(3,4)8-12-7/h9H,8H2,1-7H3. The van der Waals surface area contributed by atoms with E-state index in [9.17, 15) is 0 Å². The molecule has 0 aliphatic rings. The molecule has 0 spiro atoms. The third-order valence-corrected chi connectivity index (χ3v) is 4.70. The molecule has 0 aromatic carbocycles. The van der Waals surface area contributed by atoms with Crippen LogP contribution in [0.1, 0.15) is 41.5 Å². The molecule has 0 rings (SSSR count). The molecule has 0 amide bonds. The lowest BCUT2D eigenvalue weighted by atomic mass is 9.63. The maximum absolute atomic E-state index is 2.38. The van der Waals surface area contributed by atoms with Crippen LogP contribution in [0.4, 0.5) is 0 Å². The van der Waals surface area contributed by atoms with Crippen molar-refractivity contribution in [2.24, 2.45) is 16.7 Å². The van der Waals surface area contributed by atoms with Gasteiger partial charge < -0.3 is 0 Å². The van der Waals surface area contributed by atoms with Crippen LogP contribution in [0.5, 0.6) is 0 Å². The van der Waals surface area contributed by atoms with Gasteiger partial charge in [-0.1, -0.05) is 41.5 Å². The molecule has 1 heteroatoms. The molecular weight excluding hydrogens is 164 g/mol. The van der Waals surface area contributed by atoms with Crippen LogP contribution in [0.25, 0.3) is 0 Å². The first-order valence-electron chi connectivity index (χ1n) is 4.74. The van der Waals surface area contributed by atoms with E-state index in [0.29, 0.717) is 10.8 Å². The van der Waals surface area contributed by atoms with E-state index in [1.807, 2.05) is 11.8 Å². The maximum atomic E-state index is 2.38. The highest BCUT2D eigenvalue weighted by atomic mass is 32.2. The summed E-state index contributed by atoms with van der Waals surface area (Å²) in [5.74, 6) is 2.00. The fourth-order valence-corrected chi connectivity index (χ4v) is 2.42. The van der Waals surface area contributed by atoms with Crippen molar-refractivity contribution in [3.8, 4) is 0 Å². The molecule has 0 saturated heterocycles. The third-order valence-electron chi connectivity index (χ3n) is 3.69. The number of thioether (sulfide) groups is 1. The van der Waals surface area contributed by atoms with Crippen LogP contribution in [0.3, 0.4) is 0 Å². The van der Waals surface area contributed by atoms with E-state index in [2.05, 4.69) is 47.8 Å². The quantitative estimate of drug-likeness (QED) is 0.641. The Morgan fingerprint density at radius 2 is 1.50 bits per heavy atom. The minimum absolute atomic E-state index is 0.427. The van der Waals surface area contributed by atoms with E-state index in [4.69, 9.17) is 0 Å². The Balaban J connectivity index is 4.50. The van der Waals surface area contributed by atoms with E-state index in [1.54, 1.807) is 0 Å². The maximum Gasteiger partial charge on any atom is -0.00137 e. The molecule has 0 atom stereocenters.